The lowest BCUT2D eigenvalue weighted by molar-refractivity contribution is -0.129. The molecule has 0 aromatic carbocycles. The highest BCUT2D eigenvalue weighted by molar-refractivity contribution is 14.0. The van der Waals surface area contributed by atoms with Crippen molar-refractivity contribution < 1.29 is 9.53 Å². The first-order valence-corrected chi connectivity index (χ1v) is 9.09. The zero-order chi connectivity index (χ0) is 16.5. The van der Waals surface area contributed by atoms with Gasteiger partial charge in [-0.3, -0.25) is 9.79 Å². The van der Waals surface area contributed by atoms with Crippen LogP contribution in [-0.2, 0) is 9.53 Å². The Hall–Kier alpha value is -0.570. The van der Waals surface area contributed by atoms with Crippen molar-refractivity contribution in [1.82, 2.24) is 15.5 Å². The molecular formula is C17H33IN4O2. The molecule has 1 atom stereocenters. The van der Waals surface area contributed by atoms with Crippen LogP contribution in [0.4, 0.5) is 0 Å². The van der Waals surface area contributed by atoms with Crippen LogP contribution in [0.5, 0.6) is 0 Å². The summed E-state index contributed by atoms with van der Waals surface area (Å²) in [5.41, 5.74) is 0. The number of carbonyl (C=O) groups is 1. The number of amides is 1. The number of nitrogens with zero attached hydrogens (tertiary/aromatic N) is 2. The molecule has 1 saturated carbocycles. The van der Waals surface area contributed by atoms with E-state index in [1.54, 1.807) is 7.05 Å². The Morgan fingerprint density at radius 2 is 2.04 bits per heavy atom. The van der Waals surface area contributed by atoms with Crippen LogP contribution in [0, 0.1) is 0 Å². The van der Waals surface area contributed by atoms with Gasteiger partial charge in [-0.05, 0) is 25.7 Å². The second-order valence-electron chi connectivity index (χ2n) is 6.45. The third-order valence-corrected chi connectivity index (χ3v) is 4.68. The molecule has 2 aliphatic rings. The van der Waals surface area contributed by atoms with Crippen LogP contribution in [-0.4, -0.2) is 62.2 Å². The molecule has 0 aromatic heterocycles. The highest BCUT2D eigenvalue weighted by atomic mass is 127. The van der Waals surface area contributed by atoms with Crippen LogP contribution in [0.15, 0.2) is 4.99 Å². The molecule has 2 rings (SSSR count). The number of hydrogen-bond donors (Lipinski definition) is 2. The van der Waals surface area contributed by atoms with Crippen molar-refractivity contribution in [3.05, 3.63) is 0 Å². The lowest BCUT2D eigenvalue weighted by Crippen LogP contribution is -2.45. The summed E-state index contributed by atoms with van der Waals surface area (Å²) in [5, 5.41) is 6.75. The zero-order valence-electron chi connectivity index (χ0n) is 15.1. The van der Waals surface area contributed by atoms with Crippen molar-refractivity contribution in [2.75, 3.05) is 33.3 Å². The van der Waals surface area contributed by atoms with Crippen LogP contribution >= 0.6 is 24.0 Å². The largest absolute Gasteiger partial charge is 0.378 e. The maximum Gasteiger partial charge on any atom is 0.222 e. The summed E-state index contributed by atoms with van der Waals surface area (Å²) in [6.07, 6.45) is 8.14. The van der Waals surface area contributed by atoms with Gasteiger partial charge in [0, 0.05) is 45.8 Å². The van der Waals surface area contributed by atoms with Gasteiger partial charge in [0.1, 0.15) is 0 Å². The minimum atomic E-state index is 0. The van der Waals surface area contributed by atoms with Gasteiger partial charge >= 0.3 is 0 Å². The van der Waals surface area contributed by atoms with Gasteiger partial charge in [0.05, 0.1) is 6.10 Å². The van der Waals surface area contributed by atoms with Gasteiger partial charge in [-0.15, -0.1) is 24.0 Å². The average Bonchev–Trinajstić information content (AvgIpc) is 3.24. The fourth-order valence-electron chi connectivity index (χ4n) is 3.30. The molecule has 1 amide bonds. The molecule has 6 nitrogen and oxygen atoms in total. The van der Waals surface area contributed by atoms with Gasteiger partial charge in [0.15, 0.2) is 5.96 Å². The summed E-state index contributed by atoms with van der Waals surface area (Å²) in [7, 11) is 1.79. The lowest BCUT2D eigenvalue weighted by Gasteiger charge is -2.19. The van der Waals surface area contributed by atoms with Crippen molar-refractivity contribution >= 4 is 35.8 Å². The van der Waals surface area contributed by atoms with E-state index in [0.717, 1.165) is 45.0 Å². The van der Waals surface area contributed by atoms with Gasteiger partial charge in [-0.2, -0.15) is 0 Å². The van der Waals surface area contributed by atoms with Crippen LogP contribution in [0.25, 0.3) is 0 Å². The normalized spacial score (nSPS) is 21.7. The summed E-state index contributed by atoms with van der Waals surface area (Å²) in [6, 6.07) is 0.298. The van der Waals surface area contributed by atoms with Crippen molar-refractivity contribution in [1.29, 1.82) is 0 Å². The summed E-state index contributed by atoms with van der Waals surface area (Å²) in [6.45, 7) is 5.21. The van der Waals surface area contributed by atoms with E-state index in [0.29, 0.717) is 18.6 Å². The quantitative estimate of drug-likeness (QED) is 0.269. The number of halogens is 1. The van der Waals surface area contributed by atoms with Crippen LogP contribution < -0.4 is 10.6 Å². The molecule has 140 valence electrons. The van der Waals surface area contributed by atoms with E-state index in [2.05, 4.69) is 15.6 Å². The minimum Gasteiger partial charge on any atom is -0.378 e. The van der Waals surface area contributed by atoms with E-state index < -0.39 is 0 Å². The molecule has 0 aromatic rings. The van der Waals surface area contributed by atoms with E-state index in [4.69, 9.17) is 4.74 Å². The van der Waals surface area contributed by atoms with Gasteiger partial charge in [-0.25, -0.2) is 0 Å². The molecule has 1 aliphatic heterocycles. The smallest absolute Gasteiger partial charge is 0.222 e. The predicted octanol–water partition coefficient (Wildman–Crippen LogP) is 2.13. The average molecular weight is 452 g/mol. The number of likely N-dealkylation sites (tertiary alicyclic amines) is 1. The SMILES string of the molecule is CCC(=O)N1CCC(NC(=NC)NCCCOC2CCCC2)C1.I. The Labute approximate surface area is 163 Å². The molecule has 0 spiro atoms. The number of nitrogens with one attached hydrogen (secondary N) is 2. The molecule has 0 radical (unpaired) electrons. The van der Waals surface area contributed by atoms with E-state index >= 15 is 0 Å². The van der Waals surface area contributed by atoms with E-state index in [1.807, 2.05) is 11.8 Å². The monoisotopic (exact) mass is 452 g/mol. The first-order chi connectivity index (χ1) is 11.2. The Balaban J connectivity index is 0.00000288. The minimum absolute atomic E-state index is 0. The molecule has 2 fully saturated rings. The first kappa shape index (κ1) is 21.5. The number of guanidine groups is 1. The Kier molecular flexibility index (Phi) is 10.6. The number of carbonyl (C=O) groups excluding carboxylic acids is 1. The van der Waals surface area contributed by atoms with Gasteiger partial charge in [0.25, 0.3) is 0 Å². The highest BCUT2D eigenvalue weighted by Crippen LogP contribution is 2.20. The Bertz CT molecular complexity index is 400. The topological polar surface area (TPSA) is 66.0 Å². The molecule has 1 heterocycles. The standard InChI is InChI=1S/C17H32N4O2.HI/c1-3-16(22)21-11-9-14(13-21)20-17(18-2)19-10-6-12-23-15-7-4-5-8-15;/h14-15H,3-13H2,1-2H3,(H2,18,19,20);1H. The van der Waals surface area contributed by atoms with Crippen molar-refractivity contribution in [3.8, 4) is 0 Å². The summed E-state index contributed by atoms with van der Waals surface area (Å²) in [5.74, 6) is 1.06. The van der Waals surface area contributed by atoms with Crippen molar-refractivity contribution in [2.45, 2.75) is 64.0 Å². The van der Waals surface area contributed by atoms with E-state index in [1.165, 1.54) is 25.7 Å². The molecule has 7 heteroatoms. The Morgan fingerprint density at radius 3 is 2.71 bits per heavy atom. The molecule has 1 saturated heterocycles. The lowest BCUT2D eigenvalue weighted by atomic mass is 10.3. The van der Waals surface area contributed by atoms with Crippen LogP contribution in [0.2, 0.25) is 0 Å². The highest BCUT2D eigenvalue weighted by Gasteiger charge is 2.25. The maximum atomic E-state index is 11.7. The van der Waals surface area contributed by atoms with E-state index in [-0.39, 0.29) is 29.9 Å². The summed E-state index contributed by atoms with van der Waals surface area (Å²) >= 11 is 0. The second-order valence-corrected chi connectivity index (χ2v) is 6.45. The molecule has 0 bridgehead atoms. The van der Waals surface area contributed by atoms with Crippen molar-refractivity contribution in [3.63, 3.8) is 0 Å². The Morgan fingerprint density at radius 1 is 1.29 bits per heavy atom. The molecular weight excluding hydrogens is 419 g/mol. The van der Waals surface area contributed by atoms with Gasteiger partial charge < -0.3 is 20.3 Å². The van der Waals surface area contributed by atoms with Gasteiger partial charge in [0.2, 0.25) is 5.91 Å². The summed E-state index contributed by atoms with van der Waals surface area (Å²) < 4.78 is 5.86. The molecule has 24 heavy (non-hydrogen) atoms. The number of hydrogen-bond acceptors (Lipinski definition) is 3. The third-order valence-electron chi connectivity index (χ3n) is 4.68. The van der Waals surface area contributed by atoms with Crippen LogP contribution in [0.3, 0.4) is 0 Å². The third kappa shape index (κ3) is 7.13. The summed E-state index contributed by atoms with van der Waals surface area (Å²) in [4.78, 5) is 17.9. The van der Waals surface area contributed by atoms with Crippen molar-refractivity contribution in [2.24, 2.45) is 4.99 Å². The number of rotatable bonds is 7. The van der Waals surface area contributed by atoms with Crippen LogP contribution in [0.1, 0.15) is 51.9 Å². The zero-order valence-corrected chi connectivity index (χ0v) is 17.4. The second kappa shape index (κ2) is 11.9. The molecule has 1 unspecified atom stereocenters. The maximum absolute atomic E-state index is 11.7. The fourth-order valence-corrected chi connectivity index (χ4v) is 3.30. The fraction of sp³-hybridized carbons (Fsp3) is 0.882. The predicted molar refractivity (Wildman–Crippen MR) is 108 cm³/mol. The first-order valence-electron chi connectivity index (χ1n) is 9.09. The van der Waals surface area contributed by atoms with Gasteiger partial charge in [-0.1, -0.05) is 19.8 Å². The number of ether oxygens (including phenoxy) is 1. The molecule has 2 N–H and O–H groups in total. The van der Waals surface area contributed by atoms with E-state index in [9.17, 15) is 4.79 Å². The molecule has 1 aliphatic carbocycles. The number of aliphatic imine (C=N–C) groups is 1.